The van der Waals surface area contributed by atoms with Crippen molar-refractivity contribution >= 4 is 11.6 Å². The minimum absolute atomic E-state index is 0.172. The molecule has 0 spiro atoms. The molecule has 0 atom stereocenters. The fourth-order valence-electron chi connectivity index (χ4n) is 2.22. The van der Waals surface area contributed by atoms with Crippen LogP contribution in [0.5, 0.6) is 5.75 Å². The highest BCUT2D eigenvalue weighted by molar-refractivity contribution is 5.95. The Morgan fingerprint density at radius 2 is 1.95 bits per heavy atom. The van der Waals surface area contributed by atoms with E-state index in [1.54, 1.807) is 12.1 Å². The molecule has 1 fully saturated rings. The molecule has 0 aliphatic heterocycles. The zero-order chi connectivity index (χ0) is 15.8. The molecule has 1 saturated carbocycles. The molecule has 0 bridgehead atoms. The van der Waals surface area contributed by atoms with Crippen LogP contribution in [-0.4, -0.2) is 18.2 Å². The molecule has 1 aromatic rings. The predicted molar refractivity (Wildman–Crippen MR) is 89.4 cm³/mol. The van der Waals surface area contributed by atoms with Crippen LogP contribution >= 0.6 is 0 Å². The third-order valence-corrected chi connectivity index (χ3v) is 3.89. The zero-order valence-electron chi connectivity index (χ0n) is 13.6. The lowest BCUT2D eigenvalue weighted by molar-refractivity contribution is 0.0954. The Balaban J connectivity index is 1.75. The first-order chi connectivity index (χ1) is 10.7. The van der Waals surface area contributed by atoms with Crippen molar-refractivity contribution in [2.45, 2.75) is 52.4 Å². The fourth-order valence-corrected chi connectivity index (χ4v) is 2.22. The summed E-state index contributed by atoms with van der Waals surface area (Å²) in [6.45, 7) is 4.89. The average molecular weight is 302 g/mol. The number of amides is 1. The molecule has 0 aromatic heterocycles. The molecule has 0 radical (unpaired) electrons. The summed E-state index contributed by atoms with van der Waals surface area (Å²) in [4.78, 5) is 12.0. The molecule has 1 N–H and O–H groups in total. The van der Waals surface area contributed by atoms with Gasteiger partial charge < -0.3 is 4.74 Å². The van der Waals surface area contributed by atoms with Gasteiger partial charge in [-0.25, -0.2) is 5.43 Å². The van der Waals surface area contributed by atoms with Gasteiger partial charge in [-0.05, 0) is 56.4 Å². The van der Waals surface area contributed by atoms with Gasteiger partial charge in [0.2, 0.25) is 0 Å². The molecule has 120 valence electrons. The molecule has 0 heterocycles. The maximum Gasteiger partial charge on any atom is 0.271 e. The van der Waals surface area contributed by atoms with Gasteiger partial charge in [-0.15, -0.1) is 0 Å². The lowest BCUT2D eigenvalue weighted by Gasteiger charge is -2.07. The first-order valence-electron chi connectivity index (χ1n) is 8.28. The topological polar surface area (TPSA) is 50.7 Å². The minimum Gasteiger partial charge on any atom is -0.494 e. The number of hydrazone groups is 1. The number of nitrogens with one attached hydrogen (secondary N) is 1. The van der Waals surface area contributed by atoms with Crippen LogP contribution in [0.25, 0.3) is 0 Å². The van der Waals surface area contributed by atoms with Crippen LogP contribution < -0.4 is 10.2 Å². The van der Waals surface area contributed by atoms with Gasteiger partial charge in [0.15, 0.2) is 0 Å². The van der Waals surface area contributed by atoms with Gasteiger partial charge in [-0.3, -0.25) is 4.79 Å². The van der Waals surface area contributed by atoms with Crippen molar-refractivity contribution in [3.8, 4) is 5.75 Å². The molecule has 4 heteroatoms. The monoisotopic (exact) mass is 302 g/mol. The van der Waals surface area contributed by atoms with Crippen molar-refractivity contribution in [1.29, 1.82) is 0 Å². The molecule has 4 nitrogen and oxygen atoms in total. The molecule has 1 aliphatic carbocycles. The van der Waals surface area contributed by atoms with E-state index in [2.05, 4.69) is 17.5 Å². The summed E-state index contributed by atoms with van der Waals surface area (Å²) in [7, 11) is 0. The van der Waals surface area contributed by atoms with Crippen molar-refractivity contribution in [2.24, 2.45) is 11.0 Å². The van der Waals surface area contributed by atoms with Crippen LogP contribution in [0.1, 0.15) is 62.7 Å². The lowest BCUT2D eigenvalue weighted by atomic mass is 10.2. The van der Waals surface area contributed by atoms with Crippen molar-refractivity contribution in [3.63, 3.8) is 0 Å². The van der Waals surface area contributed by atoms with E-state index in [-0.39, 0.29) is 5.91 Å². The van der Waals surface area contributed by atoms with Crippen LogP contribution in [0, 0.1) is 5.92 Å². The molecule has 2 rings (SSSR count). The second-order valence-corrected chi connectivity index (χ2v) is 5.90. The Hall–Kier alpha value is -1.84. The molecular formula is C18H26N2O2. The summed E-state index contributed by atoms with van der Waals surface area (Å²) in [6, 6.07) is 7.23. The number of benzene rings is 1. The van der Waals surface area contributed by atoms with Crippen LogP contribution in [0.4, 0.5) is 0 Å². The minimum atomic E-state index is -0.172. The van der Waals surface area contributed by atoms with Gasteiger partial charge in [0, 0.05) is 11.3 Å². The summed E-state index contributed by atoms with van der Waals surface area (Å²) in [5, 5.41) is 4.15. The summed E-state index contributed by atoms with van der Waals surface area (Å²) in [6.07, 6.45) is 7.14. The van der Waals surface area contributed by atoms with E-state index in [1.807, 2.05) is 19.1 Å². The highest BCUT2D eigenvalue weighted by Gasteiger charge is 2.24. The number of carbonyl (C=O) groups excluding carboxylic acids is 1. The first-order valence-corrected chi connectivity index (χ1v) is 8.28. The predicted octanol–water partition coefficient (Wildman–Crippen LogP) is 4.16. The maximum atomic E-state index is 12.0. The molecule has 1 aromatic carbocycles. The van der Waals surface area contributed by atoms with Crippen molar-refractivity contribution in [1.82, 2.24) is 5.43 Å². The van der Waals surface area contributed by atoms with Gasteiger partial charge in [0.25, 0.3) is 5.91 Å². The maximum absolute atomic E-state index is 12.0. The fraction of sp³-hybridized carbons (Fsp3) is 0.556. The van der Waals surface area contributed by atoms with Crippen LogP contribution in [0.15, 0.2) is 29.4 Å². The van der Waals surface area contributed by atoms with Gasteiger partial charge in [-0.1, -0.05) is 26.2 Å². The number of hydrogen-bond acceptors (Lipinski definition) is 3. The van der Waals surface area contributed by atoms with E-state index in [9.17, 15) is 4.79 Å². The van der Waals surface area contributed by atoms with Crippen LogP contribution in [-0.2, 0) is 0 Å². The van der Waals surface area contributed by atoms with Crippen LogP contribution in [0.2, 0.25) is 0 Å². The summed E-state index contributed by atoms with van der Waals surface area (Å²) >= 11 is 0. The molecule has 0 unspecified atom stereocenters. The zero-order valence-corrected chi connectivity index (χ0v) is 13.6. The summed E-state index contributed by atoms with van der Waals surface area (Å²) in [5.41, 5.74) is 4.23. The Kier molecular flexibility index (Phi) is 6.44. The van der Waals surface area contributed by atoms with E-state index < -0.39 is 0 Å². The summed E-state index contributed by atoms with van der Waals surface area (Å²) in [5.74, 6) is 1.21. The standard InChI is InChI=1S/C18H26N2O2/c1-3-4-5-6-13-22-17-11-9-16(10-12-17)18(21)20-19-14(2)15-7-8-15/h9-12,15H,3-8,13H2,1-2H3,(H,20,21). The second kappa shape index (κ2) is 8.57. The Bertz CT molecular complexity index is 504. The normalized spacial score (nSPS) is 14.7. The third kappa shape index (κ3) is 5.51. The van der Waals surface area contributed by atoms with E-state index in [0.717, 1.165) is 24.5 Å². The smallest absolute Gasteiger partial charge is 0.271 e. The number of carbonyl (C=O) groups is 1. The van der Waals surface area contributed by atoms with E-state index in [4.69, 9.17) is 4.74 Å². The van der Waals surface area contributed by atoms with E-state index >= 15 is 0 Å². The van der Waals surface area contributed by atoms with E-state index in [1.165, 1.54) is 32.1 Å². The highest BCUT2D eigenvalue weighted by Crippen LogP contribution is 2.30. The number of hydrogen-bond donors (Lipinski definition) is 1. The average Bonchev–Trinajstić information content (AvgIpc) is 3.37. The van der Waals surface area contributed by atoms with Crippen molar-refractivity contribution in [3.05, 3.63) is 29.8 Å². The van der Waals surface area contributed by atoms with Crippen molar-refractivity contribution < 1.29 is 9.53 Å². The number of unbranched alkanes of at least 4 members (excludes halogenated alkanes) is 3. The molecular weight excluding hydrogens is 276 g/mol. The largest absolute Gasteiger partial charge is 0.494 e. The van der Waals surface area contributed by atoms with Gasteiger partial charge in [0.1, 0.15) is 5.75 Å². The lowest BCUT2D eigenvalue weighted by Crippen LogP contribution is -2.19. The SMILES string of the molecule is CCCCCCOc1ccc(C(=O)NN=C(C)C2CC2)cc1. The van der Waals surface area contributed by atoms with Gasteiger partial charge in [0.05, 0.1) is 6.61 Å². The number of rotatable bonds is 9. The summed E-state index contributed by atoms with van der Waals surface area (Å²) < 4.78 is 5.67. The van der Waals surface area contributed by atoms with Gasteiger partial charge in [-0.2, -0.15) is 5.10 Å². The first kappa shape index (κ1) is 16.5. The quantitative estimate of drug-likeness (QED) is 0.423. The van der Waals surface area contributed by atoms with E-state index in [0.29, 0.717) is 11.5 Å². The molecule has 0 saturated heterocycles. The third-order valence-electron chi connectivity index (χ3n) is 3.89. The number of ether oxygens (including phenoxy) is 1. The Labute approximate surface area is 132 Å². The van der Waals surface area contributed by atoms with Crippen LogP contribution in [0.3, 0.4) is 0 Å². The Morgan fingerprint density at radius 3 is 2.59 bits per heavy atom. The van der Waals surface area contributed by atoms with Gasteiger partial charge >= 0.3 is 0 Å². The Morgan fingerprint density at radius 1 is 1.23 bits per heavy atom. The highest BCUT2D eigenvalue weighted by atomic mass is 16.5. The molecule has 1 amide bonds. The number of nitrogens with zero attached hydrogens (tertiary/aromatic N) is 1. The second-order valence-electron chi connectivity index (χ2n) is 5.90. The molecule has 22 heavy (non-hydrogen) atoms. The van der Waals surface area contributed by atoms with Crippen molar-refractivity contribution in [2.75, 3.05) is 6.61 Å². The molecule has 1 aliphatic rings.